The highest BCUT2D eigenvalue weighted by Crippen LogP contribution is 2.35. The van der Waals surface area contributed by atoms with Crippen LogP contribution in [0.4, 0.5) is 0 Å². The van der Waals surface area contributed by atoms with Gasteiger partial charge in [-0.25, -0.2) is 9.97 Å². The molecule has 0 saturated carbocycles. The van der Waals surface area contributed by atoms with Gasteiger partial charge in [-0.15, -0.1) is 5.10 Å². The van der Waals surface area contributed by atoms with Crippen molar-refractivity contribution in [1.82, 2.24) is 24.9 Å². The summed E-state index contributed by atoms with van der Waals surface area (Å²) < 4.78 is 12.6. The fourth-order valence-electron chi connectivity index (χ4n) is 3.55. The molecule has 0 saturated heterocycles. The van der Waals surface area contributed by atoms with Gasteiger partial charge >= 0.3 is 0 Å². The van der Waals surface area contributed by atoms with E-state index in [1.54, 1.807) is 18.7 Å². The largest absolute Gasteiger partial charge is 0.493 e. The molecule has 2 heterocycles. The maximum absolute atomic E-state index is 13.0. The third-order valence-corrected chi connectivity index (χ3v) is 6.66. The Balaban J connectivity index is 1.65. The number of hydrogen-bond donors (Lipinski definition) is 1. The van der Waals surface area contributed by atoms with E-state index in [1.165, 1.54) is 17.3 Å². The van der Waals surface area contributed by atoms with Crippen LogP contribution in [0.2, 0.25) is 0 Å². The van der Waals surface area contributed by atoms with E-state index in [1.807, 2.05) is 57.2 Å². The average Bonchev–Trinajstić information content (AvgIpc) is 3.22. The maximum atomic E-state index is 13.0. The van der Waals surface area contributed by atoms with Crippen molar-refractivity contribution < 1.29 is 14.3 Å². The SMILES string of the molecule is CCC(Sc1nc2cc(OC)c(OC)cc2c2nc(C)nn12)C(=O)NCc1ccc(C)cc1. The van der Waals surface area contributed by atoms with Crippen LogP contribution in [0.3, 0.4) is 0 Å². The fraction of sp³-hybridized carbons (Fsp3) is 0.333. The minimum absolute atomic E-state index is 0.0396. The molecule has 0 fully saturated rings. The molecule has 2 aromatic heterocycles. The number of aromatic nitrogens is 4. The lowest BCUT2D eigenvalue weighted by molar-refractivity contribution is -0.120. The number of carbonyl (C=O) groups excluding carboxylic acids is 1. The first-order valence-corrected chi connectivity index (χ1v) is 11.6. The Morgan fingerprint density at radius 2 is 1.79 bits per heavy atom. The molecule has 0 radical (unpaired) electrons. The molecule has 172 valence electrons. The van der Waals surface area contributed by atoms with Gasteiger partial charge in [0, 0.05) is 18.0 Å². The molecule has 1 unspecified atom stereocenters. The monoisotopic (exact) mass is 465 g/mol. The van der Waals surface area contributed by atoms with Gasteiger partial charge in [0.15, 0.2) is 22.3 Å². The lowest BCUT2D eigenvalue weighted by Gasteiger charge is -2.16. The molecule has 9 heteroatoms. The van der Waals surface area contributed by atoms with Gasteiger partial charge in [0.25, 0.3) is 0 Å². The van der Waals surface area contributed by atoms with Gasteiger partial charge in [-0.05, 0) is 31.9 Å². The standard InChI is InChI=1S/C24H27N5O3S/c1-6-21(23(30)25-13-16-9-7-14(2)8-10-16)33-24-27-18-12-20(32-5)19(31-4)11-17(18)22-26-15(3)28-29(22)24/h7-12,21H,6,13H2,1-5H3,(H,25,30). The van der Waals surface area contributed by atoms with Crippen molar-refractivity contribution in [2.24, 2.45) is 0 Å². The minimum Gasteiger partial charge on any atom is -0.493 e. The quantitative estimate of drug-likeness (QED) is 0.309. The normalized spacial score (nSPS) is 12.2. The van der Waals surface area contributed by atoms with E-state index in [4.69, 9.17) is 14.5 Å². The molecule has 33 heavy (non-hydrogen) atoms. The molecule has 2 aromatic carbocycles. The van der Waals surface area contributed by atoms with Crippen LogP contribution in [0.1, 0.15) is 30.3 Å². The first kappa shape index (κ1) is 22.8. The number of aryl methyl sites for hydroxylation is 2. The molecule has 0 spiro atoms. The first-order valence-electron chi connectivity index (χ1n) is 10.7. The summed E-state index contributed by atoms with van der Waals surface area (Å²) in [6, 6.07) is 11.8. The summed E-state index contributed by atoms with van der Waals surface area (Å²) in [5.74, 6) is 1.76. The summed E-state index contributed by atoms with van der Waals surface area (Å²) in [6.45, 7) is 6.35. The number of nitrogens with one attached hydrogen (secondary N) is 1. The van der Waals surface area contributed by atoms with Crippen LogP contribution in [0.15, 0.2) is 41.6 Å². The van der Waals surface area contributed by atoms with Crippen LogP contribution in [0.25, 0.3) is 16.6 Å². The number of fused-ring (bicyclic) bond motifs is 3. The van der Waals surface area contributed by atoms with Gasteiger partial charge in [-0.2, -0.15) is 4.52 Å². The predicted molar refractivity (Wildman–Crippen MR) is 129 cm³/mol. The highest BCUT2D eigenvalue weighted by molar-refractivity contribution is 8.00. The topological polar surface area (TPSA) is 90.6 Å². The summed E-state index contributed by atoms with van der Waals surface area (Å²) in [5.41, 5.74) is 3.62. The summed E-state index contributed by atoms with van der Waals surface area (Å²) >= 11 is 1.38. The lowest BCUT2D eigenvalue weighted by atomic mass is 10.1. The number of benzene rings is 2. The van der Waals surface area contributed by atoms with Gasteiger partial charge in [0.1, 0.15) is 5.82 Å². The second-order valence-electron chi connectivity index (χ2n) is 7.73. The number of amides is 1. The molecule has 4 rings (SSSR count). The smallest absolute Gasteiger partial charge is 0.233 e. The van der Waals surface area contributed by atoms with Gasteiger partial charge in [0.05, 0.1) is 25.0 Å². The van der Waals surface area contributed by atoms with Crippen LogP contribution < -0.4 is 14.8 Å². The number of nitrogens with zero attached hydrogens (tertiary/aromatic N) is 4. The predicted octanol–water partition coefficient (Wildman–Crippen LogP) is 4.10. The molecular weight excluding hydrogens is 438 g/mol. The first-order chi connectivity index (χ1) is 15.9. The van der Waals surface area contributed by atoms with Crippen molar-refractivity contribution in [2.45, 2.75) is 44.1 Å². The number of carbonyl (C=O) groups is 1. The Kier molecular flexibility index (Phi) is 6.69. The Hall–Kier alpha value is -3.33. The summed E-state index contributed by atoms with van der Waals surface area (Å²) in [5, 5.41) is 8.65. The van der Waals surface area contributed by atoms with E-state index in [-0.39, 0.29) is 11.2 Å². The summed E-state index contributed by atoms with van der Waals surface area (Å²) in [4.78, 5) is 22.4. The molecule has 4 aromatic rings. The van der Waals surface area contributed by atoms with Crippen molar-refractivity contribution >= 4 is 34.2 Å². The average molecular weight is 466 g/mol. The Bertz CT molecular complexity index is 1300. The van der Waals surface area contributed by atoms with Crippen molar-refractivity contribution in [1.29, 1.82) is 0 Å². The molecule has 1 atom stereocenters. The highest BCUT2D eigenvalue weighted by atomic mass is 32.2. The zero-order valence-corrected chi connectivity index (χ0v) is 20.2. The van der Waals surface area contributed by atoms with Gasteiger partial charge < -0.3 is 14.8 Å². The van der Waals surface area contributed by atoms with Crippen LogP contribution in [0, 0.1) is 13.8 Å². The summed E-state index contributed by atoms with van der Waals surface area (Å²) in [7, 11) is 3.18. The van der Waals surface area contributed by atoms with E-state index < -0.39 is 0 Å². The van der Waals surface area contributed by atoms with Crippen molar-refractivity contribution in [3.63, 3.8) is 0 Å². The lowest BCUT2D eigenvalue weighted by Crippen LogP contribution is -2.32. The highest BCUT2D eigenvalue weighted by Gasteiger charge is 2.23. The molecule has 0 aliphatic carbocycles. The molecule has 0 aliphatic rings. The van der Waals surface area contributed by atoms with Crippen LogP contribution in [-0.4, -0.2) is 45.0 Å². The van der Waals surface area contributed by atoms with Gasteiger partial charge in [0.2, 0.25) is 5.91 Å². The molecule has 0 aliphatic heterocycles. The Morgan fingerprint density at radius 1 is 1.09 bits per heavy atom. The molecule has 1 N–H and O–H groups in total. The zero-order valence-electron chi connectivity index (χ0n) is 19.4. The summed E-state index contributed by atoms with van der Waals surface area (Å²) in [6.07, 6.45) is 0.644. The van der Waals surface area contributed by atoms with Crippen molar-refractivity contribution in [3.8, 4) is 11.5 Å². The number of hydrogen-bond acceptors (Lipinski definition) is 7. The van der Waals surface area contributed by atoms with Crippen molar-refractivity contribution in [3.05, 3.63) is 53.3 Å². The van der Waals surface area contributed by atoms with E-state index in [0.717, 1.165) is 10.9 Å². The number of rotatable bonds is 8. The number of methoxy groups -OCH3 is 2. The van der Waals surface area contributed by atoms with Gasteiger partial charge in [-0.3, -0.25) is 4.79 Å². The van der Waals surface area contributed by atoms with E-state index in [2.05, 4.69) is 15.4 Å². The zero-order chi connectivity index (χ0) is 23.5. The van der Waals surface area contributed by atoms with Crippen LogP contribution in [-0.2, 0) is 11.3 Å². The van der Waals surface area contributed by atoms with Crippen molar-refractivity contribution in [2.75, 3.05) is 14.2 Å². The second-order valence-corrected chi connectivity index (χ2v) is 8.90. The van der Waals surface area contributed by atoms with Gasteiger partial charge in [-0.1, -0.05) is 48.5 Å². The maximum Gasteiger partial charge on any atom is 0.233 e. The van der Waals surface area contributed by atoms with Crippen LogP contribution in [0.5, 0.6) is 11.5 Å². The van der Waals surface area contributed by atoms with E-state index >= 15 is 0 Å². The number of thioether (sulfide) groups is 1. The van der Waals surface area contributed by atoms with E-state index in [9.17, 15) is 4.79 Å². The van der Waals surface area contributed by atoms with E-state index in [0.29, 0.717) is 46.6 Å². The number of ether oxygens (including phenoxy) is 2. The molecule has 1 amide bonds. The fourth-order valence-corrected chi connectivity index (χ4v) is 4.54. The minimum atomic E-state index is -0.326. The Labute approximate surface area is 196 Å². The third kappa shape index (κ3) is 4.73. The Morgan fingerprint density at radius 3 is 2.45 bits per heavy atom. The third-order valence-electron chi connectivity index (χ3n) is 5.35. The molecule has 0 bridgehead atoms. The molecule has 8 nitrogen and oxygen atoms in total. The molecular formula is C24H27N5O3S. The second kappa shape index (κ2) is 9.66. The van der Waals surface area contributed by atoms with Crippen LogP contribution >= 0.6 is 11.8 Å².